The van der Waals surface area contributed by atoms with Crippen LogP contribution in [0.2, 0.25) is 0 Å². The highest BCUT2D eigenvalue weighted by Crippen LogP contribution is 2.30. The molecular weight excluding hydrogens is 256 g/mol. The van der Waals surface area contributed by atoms with Gasteiger partial charge in [0.05, 0.1) is 4.92 Å². The molecule has 6 heteroatoms. The molecule has 0 aliphatic heterocycles. The van der Waals surface area contributed by atoms with E-state index in [2.05, 4.69) is 31.2 Å². The standard InChI is InChI=1S/C14H26N4O2/c1-6-9-12-13(18(19)20)14(17(5)16-12)15-10(4)11(7-2)8-3/h10-11,15H,6-9H2,1-5H3. The Labute approximate surface area is 120 Å². The van der Waals surface area contributed by atoms with E-state index in [0.29, 0.717) is 23.9 Å². The SMILES string of the molecule is CCCc1nn(C)c(NC(C)C(CC)CC)c1[N+](=O)[O-]. The third kappa shape index (κ3) is 3.49. The summed E-state index contributed by atoms with van der Waals surface area (Å²) in [5.41, 5.74) is 0.700. The van der Waals surface area contributed by atoms with Gasteiger partial charge in [0.15, 0.2) is 0 Å². The summed E-state index contributed by atoms with van der Waals surface area (Å²) in [4.78, 5) is 11.0. The topological polar surface area (TPSA) is 73.0 Å². The molecule has 1 heterocycles. The number of hydrogen-bond acceptors (Lipinski definition) is 4. The number of nitrogens with one attached hydrogen (secondary N) is 1. The summed E-state index contributed by atoms with van der Waals surface area (Å²) in [5, 5.41) is 18.9. The lowest BCUT2D eigenvalue weighted by Crippen LogP contribution is -2.26. The van der Waals surface area contributed by atoms with Crippen molar-refractivity contribution >= 4 is 11.5 Å². The zero-order valence-corrected chi connectivity index (χ0v) is 13.1. The highest BCUT2D eigenvalue weighted by Gasteiger charge is 2.28. The van der Waals surface area contributed by atoms with E-state index < -0.39 is 0 Å². The van der Waals surface area contributed by atoms with Crippen LogP contribution in [0.5, 0.6) is 0 Å². The molecule has 1 atom stereocenters. The summed E-state index contributed by atoms with van der Waals surface area (Å²) in [6.45, 7) is 8.37. The molecule has 0 fully saturated rings. The van der Waals surface area contributed by atoms with Gasteiger partial charge in [-0.2, -0.15) is 5.10 Å². The Morgan fingerprint density at radius 3 is 2.40 bits per heavy atom. The first kappa shape index (κ1) is 16.5. The van der Waals surface area contributed by atoms with E-state index in [1.165, 1.54) is 0 Å². The van der Waals surface area contributed by atoms with E-state index in [1.807, 2.05) is 6.92 Å². The van der Waals surface area contributed by atoms with E-state index in [9.17, 15) is 10.1 Å². The van der Waals surface area contributed by atoms with Crippen molar-refractivity contribution in [1.82, 2.24) is 9.78 Å². The minimum atomic E-state index is -0.319. The Morgan fingerprint density at radius 1 is 1.35 bits per heavy atom. The van der Waals surface area contributed by atoms with Gasteiger partial charge in [-0.15, -0.1) is 0 Å². The molecule has 0 saturated heterocycles. The Hall–Kier alpha value is -1.59. The zero-order chi connectivity index (χ0) is 15.3. The van der Waals surface area contributed by atoms with Gasteiger partial charge in [-0.1, -0.05) is 40.0 Å². The molecule has 0 aliphatic rings. The summed E-state index contributed by atoms with van der Waals surface area (Å²) >= 11 is 0. The Kier molecular flexibility index (Phi) is 5.98. The minimum Gasteiger partial charge on any atom is -0.362 e. The molecule has 0 saturated carbocycles. The van der Waals surface area contributed by atoms with Crippen molar-refractivity contribution < 1.29 is 4.92 Å². The molecule has 0 aliphatic carbocycles. The van der Waals surface area contributed by atoms with Gasteiger partial charge in [-0.05, 0) is 19.3 Å². The summed E-state index contributed by atoms with van der Waals surface area (Å²) < 4.78 is 1.60. The zero-order valence-electron chi connectivity index (χ0n) is 13.1. The van der Waals surface area contributed by atoms with E-state index in [0.717, 1.165) is 19.3 Å². The summed E-state index contributed by atoms with van der Waals surface area (Å²) in [6, 6.07) is 0.188. The van der Waals surface area contributed by atoms with E-state index in [4.69, 9.17) is 0 Å². The molecule has 1 aromatic rings. The second-order valence-electron chi connectivity index (χ2n) is 5.28. The normalized spacial score (nSPS) is 12.7. The van der Waals surface area contributed by atoms with Crippen LogP contribution in [0.25, 0.3) is 0 Å². The van der Waals surface area contributed by atoms with Crippen molar-refractivity contribution in [2.75, 3.05) is 5.32 Å². The van der Waals surface area contributed by atoms with E-state index >= 15 is 0 Å². The average molecular weight is 282 g/mol. The first-order chi connectivity index (χ1) is 9.46. The lowest BCUT2D eigenvalue weighted by atomic mass is 9.95. The summed E-state index contributed by atoms with van der Waals surface area (Å²) in [7, 11) is 1.76. The molecule has 6 nitrogen and oxygen atoms in total. The van der Waals surface area contributed by atoms with Crippen LogP contribution in [-0.4, -0.2) is 20.7 Å². The van der Waals surface area contributed by atoms with Gasteiger partial charge in [0.25, 0.3) is 0 Å². The fourth-order valence-corrected chi connectivity index (χ4v) is 2.66. The molecule has 1 aromatic heterocycles. The number of hydrogen-bond donors (Lipinski definition) is 1. The van der Waals surface area contributed by atoms with Gasteiger partial charge in [-0.25, -0.2) is 4.68 Å². The van der Waals surface area contributed by atoms with Crippen molar-refractivity contribution in [1.29, 1.82) is 0 Å². The summed E-state index contributed by atoms with van der Waals surface area (Å²) in [6.07, 6.45) is 3.58. The monoisotopic (exact) mass is 282 g/mol. The Bertz CT molecular complexity index is 452. The molecular formula is C14H26N4O2. The van der Waals surface area contributed by atoms with Crippen molar-refractivity contribution in [2.45, 2.75) is 59.4 Å². The maximum absolute atomic E-state index is 11.3. The second-order valence-corrected chi connectivity index (χ2v) is 5.28. The number of aromatic nitrogens is 2. The Balaban J connectivity index is 3.07. The second kappa shape index (κ2) is 7.26. The highest BCUT2D eigenvalue weighted by atomic mass is 16.6. The lowest BCUT2D eigenvalue weighted by molar-refractivity contribution is -0.384. The van der Waals surface area contributed by atoms with Crippen LogP contribution >= 0.6 is 0 Å². The lowest BCUT2D eigenvalue weighted by Gasteiger charge is -2.23. The molecule has 20 heavy (non-hydrogen) atoms. The van der Waals surface area contributed by atoms with Crippen molar-refractivity contribution in [3.63, 3.8) is 0 Å². The molecule has 1 rings (SSSR count). The van der Waals surface area contributed by atoms with E-state index in [-0.39, 0.29) is 16.7 Å². The van der Waals surface area contributed by atoms with Crippen LogP contribution in [0.15, 0.2) is 0 Å². The van der Waals surface area contributed by atoms with Crippen LogP contribution in [0.4, 0.5) is 11.5 Å². The molecule has 1 unspecified atom stereocenters. The number of nitro groups is 1. The third-order valence-corrected chi connectivity index (χ3v) is 3.88. The maximum atomic E-state index is 11.3. The van der Waals surface area contributed by atoms with Gasteiger partial charge in [0.2, 0.25) is 5.82 Å². The molecule has 114 valence electrons. The van der Waals surface area contributed by atoms with Gasteiger partial charge in [0, 0.05) is 13.1 Å². The van der Waals surface area contributed by atoms with Crippen LogP contribution < -0.4 is 5.32 Å². The molecule has 0 bridgehead atoms. The maximum Gasteiger partial charge on any atom is 0.333 e. The van der Waals surface area contributed by atoms with Crippen LogP contribution in [-0.2, 0) is 13.5 Å². The number of nitrogens with zero attached hydrogens (tertiary/aromatic N) is 3. The molecule has 0 aromatic carbocycles. The molecule has 0 amide bonds. The van der Waals surface area contributed by atoms with Gasteiger partial charge in [-0.3, -0.25) is 10.1 Å². The average Bonchev–Trinajstić information content (AvgIpc) is 2.68. The van der Waals surface area contributed by atoms with Gasteiger partial charge >= 0.3 is 5.69 Å². The van der Waals surface area contributed by atoms with E-state index in [1.54, 1.807) is 11.7 Å². The number of rotatable bonds is 8. The first-order valence-electron chi connectivity index (χ1n) is 7.42. The number of anilines is 1. The van der Waals surface area contributed by atoms with Gasteiger partial charge < -0.3 is 5.32 Å². The first-order valence-corrected chi connectivity index (χ1v) is 7.42. The number of aryl methyl sites for hydroxylation is 2. The van der Waals surface area contributed by atoms with Crippen molar-refractivity contribution in [2.24, 2.45) is 13.0 Å². The van der Waals surface area contributed by atoms with Crippen molar-refractivity contribution in [3.8, 4) is 0 Å². The quantitative estimate of drug-likeness (QED) is 0.585. The fraction of sp³-hybridized carbons (Fsp3) is 0.786. The molecule has 0 spiro atoms. The summed E-state index contributed by atoms with van der Waals surface area (Å²) in [5.74, 6) is 1.02. The fourth-order valence-electron chi connectivity index (χ4n) is 2.66. The Morgan fingerprint density at radius 2 is 1.95 bits per heavy atom. The van der Waals surface area contributed by atoms with Crippen molar-refractivity contribution in [3.05, 3.63) is 15.8 Å². The van der Waals surface area contributed by atoms with Crippen LogP contribution in [0.3, 0.4) is 0 Å². The van der Waals surface area contributed by atoms with Gasteiger partial charge in [0.1, 0.15) is 5.69 Å². The smallest absolute Gasteiger partial charge is 0.333 e. The third-order valence-electron chi connectivity index (χ3n) is 3.88. The predicted molar refractivity (Wildman–Crippen MR) is 81.0 cm³/mol. The minimum absolute atomic E-state index is 0.132. The predicted octanol–water partition coefficient (Wildman–Crippen LogP) is 3.52. The highest BCUT2D eigenvalue weighted by molar-refractivity contribution is 5.60. The molecule has 1 N–H and O–H groups in total. The molecule has 0 radical (unpaired) electrons. The van der Waals surface area contributed by atoms with Crippen LogP contribution in [0.1, 0.15) is 52.7 Å². The largest absolute Gasteiger partial charge is 0.362 e. The van der Waals surface area contributed by atoms with Crippen LogP contribution in [0, 0.1) is 16.0 Å².